The molecule has 1 fully saturated rings. The molecule has 1 saturated heterocycles. The van der Waals surface area contributed by atoms with Gasteiger partial charge in [0.1, 0.15) is 23.2 Å². The molecule has 2 nitrogen and oxygen atoms in total. The Balaban J connectivity index is 0.00000245. The summed E-state index contributed by atoms with van der Waals surface area (Å²) in [6, 6.07) is 41.5. The summed E-state index contributed by atoms with van der Waals surface area (Å²) in [6.07, 6.45) is 0.643. The maximum atomic E-state index is 5.99. The minimum atomic E-state index is -2.03. The van der Waals surface area contributed by atoms with Gasteiger partial charge in [-0.2, -0.15) is 0 Å². The van der Waals surface area contributed by atoms with E-state index in [-0.39, 0.29) is 23.3 Å². The van der Waals surface area contributed by atoms with E-state index in [0.29, 0.717) is 13.2 Å². The van der Waals surface area contributed by atoms with Crippen molar-refractivity contribution in [3.05, 3.63) is 126 Å². The number of hydrogen-bond donors (Lipinski definition) is 0. The van der Waals surface area contributed by atoms with Crippen LogP contribution in [0.4, 0.5) is 0 Å². The largest absolute Gasteiger partial charge is 1.00 e. The van der Waals surface area contributed by atoms with Gasteiger partial charge in [0.2, 0.25) is 0 Å². The Morgan fingerprint density at radius 3 is 1.62 bits per heavy atom. The van der Waals surface area contributed by atoms with Gasteiger partial charge in [0, 0.05) is 0 Å². The molecule has 0 saturated carbocycles. The lowest BCUT2D eigenvalue weighted by molar-refractivity contribution is -0.0433. The minimum Gasteiger partial charge on any atom is -1.00 e. The van der Waals surface area contributed by atoms with E-state index in [1.807, 2.05) is 0 Å². The van der Waals surface area contributed by atoms with Gasteiger partial charge in [-0.05, 0) is 42.0 Å². The molecule has 0 radical (unpaired) electrons. The molecule has 0 unspecified atom stereocenters. The van der Waals surface area contributed by atoms with Crippen LogP contribution in [0.2, 0.25) is 0 Å². The zero-order valence-corrected chi connectivity index (χ0v) is 20.3. The lowest BCUT2D eigenvalue weighted by Gasteiger charge is -2.30. The molecule has 0 spiro atoms. The van der Waals surface area contributed by atoms with Gasteiger partial charge in [0.05, 0.1) is 24.9 Å². The van der Waals surface area contributed by atoms with Crippen LogP contribution in [0, 0.1) is 0 Å². The first-order valence-corrected chi connectivity index (χ1v) is 12.7. The van der Waals surface area contributed by atoms with Gasteiger partial charge in [-0.3, -0.25) is 0 Å². The van der Waals surface area contributed by atoms with Gasteiger partial charge in [-0.25, -0.2) is 0 Å². The van der Waals surface area contributed by atoms with Gasteiger partial charge in [-0.1, -0.05) is 78.9 Å². The van der Waals surface area contributed by atoms with Crippen molar-refractivity contribution in [1.29, 1.82) is 0 Å². The third-order valence-corrected chi connectivity index (χ3v) is 10.3. The molecule has 32 heavy (non-hydrogen) atoms. The number of ether oxygens (including phenoxy) is 2. The molecule has 4 aromatic carbocycles. The highest BCUT2D eigenvalue weighted by molar-refractivity contribution is 7.95. The second kappa shape index (κ2) is 10.6. The number of halogens is 1. The van der Waals surface area contributed by atoms with Crippen molar-refractivity contribution in [2.45, 2.75) is 12.5 Å². The highest BCUT2D eigenvalue weighted by Crippen LogP contribution is 2.59. The van der Waals surface area contributed by atoms with Crippen LogP contribution in [0.15, 0.2) is 115 Å². The Kier molecular flexibility index (Phi) is 7.55. The quantitative estimate of drug-likeness (QED) is 0.375. The second-order valence-corrected chi connectivity index (χ2v) is 11.2. The molecule has 162 valence electrons. The number of hydrogen-bond acceptors (Lipinski definition) is 2. The van der Waals surface area contributed by atoms with Gasteiger partial charge in [-0.15, -0.1) is 0 Å². The lowest BCUT2D eigenvalue weighted by atomic mass is 10.2. The van der Waals surface area contributed by atoms with Crippen LogP contribution >= 0.6 is 7.26 Å². The molecule has 0 aromatic heterocycles. The minimum absolute atomic E-state index is 0. The van der Waals surface area contributed by atoms with E-state index in [4.69, 9.17) is 9.47 Å². The Morgan fingerprint density at radius 2 is 1.06 bits per heavy atom. The molecule has 0 bridgehead atoms. The zero-order chi connectivity index (χ0) is 20.9. The highest BCUT2D eigenvalue weighted by Gasteiger charge is 2.48. The van der Waals surface area contributed by atoms with Gasteiger partial charge >= 0.3 is 0 Å². The first-order valence-electron chi connectivity index (χ1n) is 10.7. The summed E-state index contributed by atoms with van der Waals surface area (Å²) < 4.78 is 12.0. The SMILES string of the molecule is [Br-].c1ccc(C[P+](c2ccccc2)(c2ccccc2)c2ccccc2C2OCCO2)cc1. The van der Waals surface area contributed by atoms with E-state index in [1.165, 1.54) is 21.5 Å². The van der Waals surface area contributed by atoms with Crippen molar-refractivity contribution in [2.75, 3.05) is 13.2 Å². The van der Waals surface area contributed by atoms with Gasteiger partial charge in [0.15, 0.2) is 6.29 Å². The van der Waals surface area contributed by atoms with Crippen LogP contribution in [0.1, 0.15) is 17.4 Å². The maximum Gasteiger partial charge on any atom is 0.187 e. The van der Waals surface area contributed by atoms with Crippen molar-refractivity contribution >= 4 is 23.2 Å². The predicted molar refractivity (Wildman–Crippen MR) is 130 cm³/mol. The van der Waals surface area contributed by atoms with Crippen LogP contribution in [0.3, 0.4) is 0 Å². The van der Waals surface area contributed by atoms with Crippen molar-refractivity contribution < 1.29 is 26.5 Å². The molecule has 0 aliphatic carbocycles. The lowest BCUT2D eigenvalue weighted by Crippen LogP contribution is -3.00. The van der Waals surface area contributed by atoms with Crippen molar-refractivity contribution in [2.24, 2.45) is 0 Å². The monoisotopic (exact) mass is 504 g/mol. The standard InChI is InChI=1S/C28H26O2P.BrH/c1-4-12-23(13-5-1)22-31(24-14-6-2-7-15-24,25-16-8-3-9-17-25)27-19-11-10-18-26(27)28-29-20-21-30-28;/h1-19,28H,20-22H2;1H/q+1;/p-1. The molecule has 5 rings (SSSR count). The molecular weight excluding hydrogens is 479 g/mol. The van der Waals surface area contributed by atoms with Gasteiger partial charge in [0.25, 0.3) is 0 Å². The van der Waals surface area contributed by atoms with E-state index in [1.54, 1.807) is 0 Å². The van der Waals surface area contributed by atoms with Crippen molar-refractivity contribution in [1.82, 2.24) is 0 Å². The average Bonchev–Trinajstić information content (AvgIpc) is 3.39. The smallest absolute Gasteiger partial charge is 0.187 e. The third-order valence-electron chi connectivity index (χ3n) is 5.88. The van der Waals surface area contributed by atoms with Gasteiger partial charge < -0.3 is 26.5 Å². The molecule has 1 heterocycles. The molecule has 0 amide bonds. The second-order valence-electron chi connectivity index (χ2n) is 7.76. The van der Waals surface area contributed by atoms with Crippen molar-refractivity contribution in [3.8, 4) is 0 Å². The fourth-order valence-electron chi connectivity index (χ4n) is 4.49. The van der Waals surface area contributed by atoms with Crippen LogP contribution in [-0.4, -0.2) is 13.2 Å². The Bertz CT molecular complexity index is 1070. The summed E-state index contributed by atoms with van der Waals surface area (Å²) >= 11 is 0. The molecule has 1 aliphatic heterocycles. The van der Waals surface area contributed by atoms with Crippen LogP contribution in [0.25, 0.3) is 0 Å². The van der Waals surface area contributed by atoms with Crippen LogP contribution in [0.5, 0.6) is 0 Å². The Morgan fingerprint density at radius 1 is 0.594 bits per heavy atom. The third kappa shape index (κ3) is 4.44. The summed E-state index contributed by atoms with van der Waals surface area (Å²) in [5.41, 5.74) is 2.49. The van der Waals surface area contributed by atoms with E-state index in [2.05, 4.69) is 115 Å². The maximum absolute atomic E-state index is 5.99. The summed E-state index contributed by atoms with van der Waals surface area (Å²) in [5, 5.41) is 4.08. The molecule has 0 N–H and O–H groups in total. The predicted octanol–water partition coefficient (Wildman–Crippen LogP) is 2.23. The molecule has 4 heteroatoms. The zero-order valence-electron chi connectivity index (χ0n) is 17.8. The fourth-order valence-corrected chi connectivity index (χ4v) is 8.96. The molecule has 4 aromatic rings. The van der Waals surface area contributed by atoms with Crippen LogP contribution in [-0.2, 0) is 15.6 Å². The first-order chi connectivity index (χ1) is 15.4. The first kappa shape index (κ1) is 22.9. The number of benzene rings is 4. The molecular formula is C28H26BrO2P. The van der Waals surface area contributed by atoms with E-state index >= 15 is 0 Å². The van der Waals surface area contributed by atoms with E-state index in [0.717, 1.165) is 11.7 Å². The Hall–Kier alpha value is -2.29. The van der Waals surface area contributed by atoms with Crippen LogP contribution < -0.4 is 32.9 Å². The average molecular weight is 505 g/mol. The Labute approximate surface area is 201 Å². The van der Waals surface area contributed by atoms with E-state index < -0.39 is 7.26 Å². The normalized spacial score (nSPS) is 14.1. The summed E-state index contributed by atoms with van der Waals surface area (Å²) in [7, 11) is -2.03. The molecule has 0 atom stereocenters. The molecule has 1 aliphatic rings. The summed E-state index contributed by atoms with van der Waals surface area (Å²) in [4.78, 5) is 0. The highest BCUT2D eigenvalue weighted by atomic mass is 79.9. The summed E-state index contributed by atoms with van der Waals surface area (Å²) in [5.74, 6) is 0. The fraction of sp³-hybridized carbons (Fsp3) is 0.143. The number of rotatable bonds is 6. The topological polar surface area (TPSA) is 18.5 Å². The van der Waals surface area contributed by atoms with E-state index in [9.17, 15) is 0 Å². The van der Waals surface area contributed by atoms with Crippen molar-refractivity contribution in [3.63, 3.8) is 0 Å². The summed E-state index contributed by atoms with van der Waals surface area (Å²) in [6.45, 7) is 1.28.